The molecule has 0 saturated carbocycles. The normalized spacial score (nSPS) is 11.7. The highest BCUT2D eigenvalue weighted by atomic mass is 16.5. The molecular weight excluding hydrogens is 304 g/mol. The SMILES string of the molecule is CCCCCC(NC(=O)COCCOCCNC(C)=O)C(=O)O. The number of carboxylic acids is 1. The summed E-state index contributed by atoms with van der Waals surface area (Å²) in [6.45, 7) is 4.57. The smallest absolute Gasteiger partial charge is 0.326 e. The quantitative estimate of drug-likeness (QED) is 0.394. The van der Waals surface area contributed by atoms with Gasteiger partial charge < -0.3 is 25.2 Å². The zero-order chi connectivity index (χ0) is 17.5. The number of rotatable bonds is 14. The van der Waals surface area contributed by atoms with Crippen LogP contribution in [0.25, 0.3) is 0 Å². The first-order valence-corrected chi connectivity index (χ1v) is 7.89. The van der Waals surface area contributed by atoms with Crippen LogP contribution in [0.5, 0.6) is 0 Å². The van der Waals surface area contributed by atoms with E-state index in [-0.39, 0.29) is 19.1 Å². The summed E-state index contributed by atoms with van der Waals surface area (Å²) < 4.78 is 10.3. The average molecular weight is 332 g/mol. The van der Waals surface area contributed by atoms with Crippen molar-refractivity contribution in [2.45, 2.75) is 45.6 Å². The molecule has 0 aliphatic heterocycles. The molecule has 0 aliphatic rings. The molecule has 3 N–H and O–H groups in total. The minimum Gasteiger partial charge on any atom is -0.480 e. The third kappa shape index (κ3) is 13.7. The van der Waals surface area contributed by atoms with Gasteiger partial charge >= 0.3 is 5.97 Å². The maximum atomic E-state index is 11.6. The fraction of sp³-hybridized carbons (Fsp3) is 0.800. The van der Waals surface area contributed by atoms with Crippen molar-refractivity contribution < 1.29 is 29.0 Å². The molecule has 0 fully saturated rings. The molecule has 0 aromatic heterocycles. The van der Waals surface area contributed by atoms with E-state index in [1.54, 1.807) is 0 Å². The molecule has 0 saturated heterocycles. The molecule has 0 heterocycles. The first-order chi connectivity index (χ1) is 11.0. The molecule has 0 rings (SSSR count). The first-order valence-electron chi connectivity index (χ1n) is 7.89. The highest BCUT2D eigenvalue weighted by Crippen LogP contribution is 2.03. The molecule has 8 heteroatoms. The van der Waals surface area contributed by atoms with Crippen LogP contribution in [0.2, 0.25) is 0 Å². The van der Waals surface area contributed by atoms with Gasteiger partial charge in [0, 0.05) is 13.5 Å². The number of nitrogens with one attached hydrogen (secondary N) is 2. The first kappa shape index (κ1) is 21.3. The number of carbonyl (C=O) groups is 3. The predicted molar refractivity (Wildman–Crippen MR) is 84.0 cm³/mol. The Morgan fingerprint density at radius 1 is 1.09 bits per heavy atom. The van der Waals surface area contributed by atoms with Crippen LogP contribution in [-0.2, 0) is 23.9 Å². The Balaban J connectivity index is 3.67. The summed E-state index contributed by atoms with van der Waals surface area (Å²) in [4.78, 5) is 33.3. The maximum absolute atomic E-state index is 11.6. The molecule has 2 amide bonds. The van der Waals surface area contributed by atoms with Gasteiger partial charge in [0.05, 0.1) is 19.8 Å². The van der Waals surface area contributed by atoms with Crippen molar-refractivity contribution in [3.8, 4) is 0 Å². The zero-order valence-corrected chi connectivity index (χ0v) is 13.9. The molecule has 0 aliphatic carbocycles. The predicted octanol–water partition coefficient (Wildman–Crippen LogP) is 0.305. The van der Waals surface area contributed by atoms with Gasteiger partial charge in [-0.15, -0.1) is 0 Å². The van der Waals surface area contributed by atoms with E-state index in [0.29, 0.717) is 26.2 Å². The van der Waals surface area contributed by atoms with Crippen molar-refractivity contribution in [1.29, 1.82) is 0 Å². The van der Waals surface area contributed by atoms with Crippen LogP contribution in [0.4, 0.5) is 0 Å². The summed E-state index contributed by atoms with van der Waals surface area (Å²) in [5.41, 5.74) is 0. The van der Waals surface area contributed by atoms with Crippen LogP contribution in [-0.4, -0.2) is 61.9 Å². The third-order valence-corrected chi connectivity index (χ3v) is 2.96. The average Bonchev–Trinajstić information content (AvgIpc) is 2.48. The summed E-state index contributed by atoms with van der Waals surface area (Å²) in [5.74, 6) is -1.60. The minimum atomic E-state index is -1.03. The molecule has 8 nitrogen and oxygen atoms in total. The van der Waals surface area contributed by atoms with E-state index in [9.17, 15) is 14.4 Å². The largest absolute Gasteiger partial charge is 0.480 e. The van der Waals surface area contributed by atoms with E-state index in [1.807, 2.05) is 6.92 Å². The standard InChI is InChI=1S/C15H28N2O6/c1-3-4-5-6-13(15(20)21)17-14(19)11-23-10-9-22-8-7-16-12(2)18/h13H,3-11H2,1-2H3,(H,16,18)(H,17,19)(H,20,21). The van der Waals surface area contributed by atoms with E-state index in [2.05, 4.69) is 10.6 Å². The van der Waals surface area contributed by atoms with Gasteiger partial charge in [-0.05, 0) is 6.42 Å². The van der Waals surface area contributed by atoms with Crippen LogP contribution in [0.1, 0.15) is 39.5 Å². The molecule has 0 radical (unpaired) electrons. The Morgan fingerprint density at radius 3 is 2.39 bits per heavy atom. The lowest BCUT2D eigenvalue weighted by molar-refractivity contribution is -0.142. The second-order valence-corrected chi connectivity index (χ2v) is 5.10. The molecule has 0 spiro atoms. The van der Waals surface area contributed by atoms with Crippen molar-refractivity contribution in [3.05, 3.63) is 0 Å². The van der Waals surface area contributed by atoms with Gasteiger partial charge in [0.15, 0.2) is 0 Å². The van der Waals surface area contributed by atoms with Gasteiger partial charge in [0.25, 0.3) is 0 Å². The Kier molecular flexibility index (Phi) is 12.9. The van der Waals surface area contributed by atoms with Crippen LogP contribution in [0.15, 0.2) is 0 Å². The topological polar surface area (TPSA) is 114 Å². The van der Waals surface area contributed by atoms with E-state index in [1.165, 1.54) is 6.92 Å². The number of hydrogen-bond donors (Lipinski definition) is 3. The second kappa shape index (κ2) is 14.0. The lowest BCUT2D eigenvalue weighted by Crippen LogP contribution is -2.42. The molecule has 0 bridgehead atoms. The van der Waals surface area contributed by atoms with Crippen molar-refractivity contribution in [1.82, 2.24) is 10.6 Å². The molecule has 0 aromatic rings. The van der Waals surface area contributed by atoms with E-state index in [0.717, 1.165) is 19.3 Å². The van der Waals surface area contributed by atoms with Gasteiger partial charge in [-0.1, -0.05) is 26.2 Å². The monoisotopic (exact) mass is 332 g/mol. The molecule has 0 aromatic carbocycles. The lowest BCUT2D eigenvalue weighted by Gasteiger charge is -2.14. The lowest BCUT2D eigenvalue weighted by atomic mass is 10.1. The van der Waals surface area contributed by atoms with Gasteiger partial charge in [0.1, 0.15) is 12.6 Å². The third-order valence-electron chi connectivity index (χ3n) is 2.96. The Hall–Kier alpha value is -1.67. The fourth-order valence-electron chi connectivity index (χ4n) is 1.78. The minimum absolute atomic E-state index is 0.117. The highest BCUT2D eigenvalue weighted by molar-refractivity contribution is 5.84. The number of unbranched alkanes of at least 4 members (excludes halogenated alkanes) is 2. The van der Waals surface area contributed by atoms with Crippen LogP contribution >= 0.6 is 0 Å². The summed E-state index contributed by atoms with van der Waals surface area (Å²) >= 11 is 0. The Morgan fingerprint density at radius 2 is 1.78 bits per heavy atom. The van der Waals surface area contributed by atoms with Gasteiger partial charge in [-0.3, -0.25) is 9.59 Å². The summed E-state index contributed by atoms with van der Waals surface area (Å²) in [5, 5.41) is 14.1. The highest BCUT2D eigenvalue weighted by Gasteiger charge is 2.19. The summed E-state index contributed by atoms with van der Waals surface area (Å²) in [6.07, 6.45) is 3.11. The van der Waals surface area contributed by atoms with Crippen LogP contribution < -0.4 is 10.6 Å². The zero-order valence-electron chi connectivity index (χ0n) is 13.9. The Labute approximate surface area is 136 Å². The van der Waals surface area contributed by atoms with Crippen molar-refractivity contribution in [3.63, 3.8) is 0 Å². The van der Waals surface area contributed by atoms with Gasteiger partial charge in [0.2, 0.25) is 11.8 Å². The molecule has 134 valence electrons. The van der Waals surface area contributed by atoms with Crippen molar-refractivity contribution in [2.24, 2.45) is 0 Å². The number of carbonyl (C=O) groups excluding carboxylic acids is 2. The molecule has 1 atom stereocenters. The van der Waals surface area contributed by atoms with Gasteiger partial charge in [-0.25, -0.2) is 4.79 Å². The maximum Gasteiger partial charge on any atom is 0.326 e. The van der Waals surface area contributed by atoms with E-state index >= 15 is 0 Å². The van der Waals surface area contributed by atoms with E-state index < -0.39 is 17.9 Å². The summed E-state index contributed by atoms with van der Waals surface area (Å²) in [7, 11) is 0. The second-order valence-electron chi connectivity index (χ2n) is 5.10. The van der Waals surface area contributed by atoms with Crippen molar-refractivity contribution >= 4 is 17.8 Å². The van der Waals surface area contributed by atoms with Crippen molar-refractivity contribution in [2.75, 3.05) is 33.0 Å². The van der Waals surface area contributed by atoms with Gasteiger partial charge in [-0.2, -0.15) is 0 Å². The number of amides is 2. The summed E-state index contributed by atoms with van der Waals surface area (Å²) in [6, 6.07) is -0.869. The van der Waals surface area contributed by atoms with Crippen LogP contribution in [0, 0.1) is 0 Å². The fourth-order valence-corrected chi connectivity index (χ4v) is 1.78. The molecule has 1 unspecified atom stereocenters. The molecule has 23 heavy (non-hydrogen) atoms. The molecular formula is C15H28N2O6. The Bertz CT molecular complexity index is 362. The van der Waals surface area contributed by atoms with Crippen LogP contribution in [0.3, 0.4) is 0 Å². The van der Waals surface area contributed by atoms with E-state index in [4.69, 9.17) is 14.6 Å². The number of ether oxygens (including phenoxy) is 2. The number of aliphatic carboxylic acids is 1. The number of carboxylic acid groups (broad SMARTS) is 1. The number of hydrogen-bond acceptors (Lipinski definition) is 5.